The topological polar surface area (TPSA) is 87.0 Å². The lowest BCUT2D eigenvalue weighted by Gasteiger charge is -2.19. The van der Waals surface area contributed by atoms with Gasteiger partial charge < -0.3 is 23.9 Å². The van der Waals surface area contributed by atoms with Crippen LogP contribution in [0.15, 0.2) is 48.5 Å². The highest BCUT2D eigenvalue weighted by Gasteiger charge is 2.24. The summed E-state index contributed by atoms with van der Waals surface area (Å²) in [7, 11) is 3.08. The Labute approximate surface area is 187 Å². The summed E-state index contributed by atoms with van der Waals surface area (Å²) < 4.78 is 18.1. The van der Waals surface area contributed by atoms with Gasteiger partial charge in [-0.1, -0.05) is 30.3 Å². The zero-order valence-electron chi connectivity index (χ0n) is 18.7. The second-order valence-electron chi connectivity index (χ2n) is 7.21. The van der Waals surface area contributed by atoms with E-state index in [1.807, 2.05) is 54.0 Å². The third-order valence-corrected chi connectivity index (χ3v) is 5.15. The molecule has 0 fully saturated rings. The number of nitrogens with zero attached hydrogens (tertiary/aromatic N) is 1. The first kappa shape index (κ1) is 22.9. The number of rotatable bonds is 9. The van der Waals surface area contributed by atoms with Crippen LogP contribution in [0.3, 0.4) is 0 Å². The van der Waals surface area contributed by atoms with E-state index in [-0.39, 0.29) is 18.0 Å². The van der Waals surface area contributed by atoms with Crippen LogP contribution in [0.25, 0.3) is 16.9 Å². The van der Waals surface area contributed by atoms with Gasteiger partial charge in [0.1, 0.15) is 0 Å². The van der Waals surface area contributed by atoms with E-state index in [0.29, 0.717) is 35.9 Å². The van der Waals surface area contributed by atoms with Gasteiger partial charge in [0.15, 0.2) is 11.5 Å². The van der Waals surface area contributed by atoms with Crippen LogP contribution in [0.1, 0.15) is 35.0 Å². The van der Waals surface area contributed by atoms with Crippen molar-refractivity contribution >= 4 is 11.9 Å². The summed E-state index contributed by atoms with van der Waals surface area (Å²) in [5.41, 5.74) is 3.69. The van der Waals surface area contributed by atoms with Gasteiger partial charge in [-0.3, -0.25) is 4.79 Å². The molecule has 0 aliphatic rings. The van der Waals surface area contributed by atoms with Crippen LogP contribution in [0.5, 0.6) is 11.5 Å². The van der Waals surface area contributed by atoms with Gasteiger partial charge in [-0.2, -0.15) is 0 Å². The van der Waals surface area contributed by atoms with E-state index >= 15 is 0 Å². The van der Waals surface area contributed by atoms with Crippen molar-refractivity contribution in [1.29, 1.82) is 0 Å². The quantitative estimate of drug-likeness (QED) is 0.490. The number of hydrogen-bond donors (Lipinski definition) is 1. The van der Waals surface area contributed by atoms with Gasteiger partial charge in [-0.25, -0.2) is 4.79 Å². The molecule has 0 aliphatic carbocycles. The number of aromatic nitrogens is 1. The molecule has 0 unspecified atom stereocenters. The highest BCUT2D eigenvalue weighted by atomic mass is 16.5. The molecule has 0 saturated heterocycles. The molecule has 7 nitrogen and oxygen atoms in total. The largest absolute Gasteiger partial charge is 0.493 e. The fourth-order valence-electron chi connectivity index (χ4n) is 3.78. The minimum absolute atomic E-state index is 0.187. The molecule has 0 amide bonds. The van der Waals surface area contributed by atoms with E-state index < -0.39 is 5.97 Å². The first-order valence-electron chi connectivity index (χ1n) is 10.3. The molecule has 1 aromatic heterocycles. The maximum atomic E-state index is 12.1. The molecule has 0 aliphatic heterocycles. The zero-order valence-corrected chi connectivity index (χ0v) is 18.7. The normalized spacial score (nSPS) is 10.6. The Morgan fingerprint density at radius 2 is 1.75 bits per heavy atom. The van der Waals surface area contributed by atoms with Gasteiger partial charge in [0.05, 0.1) is 37.8 Å². The third kappa shape index (κ3) is 4.61. The van der Waals surface area contributed by atoms with E-state index in [9.17, 15) is 14.7 Å². The molecule has 0 saturated carbocycles. The monoisotopic (exact) mass is 437 g/mol. The van der Waals surface area contributed by atoms with Crippen molar-refractivity contribution in [3.05, 3.63) is 65.4 Å². The maximum Gasteiger partial charge on any atom is 0.337 e. The number of carboxylic acids is 1. The Morgan fingerprint density at radius 1 is 1.03 bits per heavy atom. The maximum absolute atomic E-state index is 12.1. The Kier molecular flexibility index (Phi) is 7.20. The fraction of sp³-hybridized carbons (Fsp3) is 0.280. The average Bonchev–Trinajstić information content (AvgIpc) is 3.15. The van der Waals surface area contributed by atoms with Crippen LogP contribution in [0.2, 0.25) is 0 Å². The molecule has 1 N–H and O–H groups in total. The number of carbonyl (C=O) groups is 2. The van der Waals surface area contributed by atoms with E-state index in [0.717, 1.165) is 16.8 Å². The first-order valence-corrected chi connectivity index (χ1v) is 10.3. The average molecular weight is 437 g/mol. The van der Waals surface area contributed by atoms with E-state index in [4.69, 9.17) is 14.2 Å². The number of aryl methyl sites for hydroxylation is 2. The van der Waals surface area contributed by atoms with E-state index in [2.05, 4.69) is 0 Å². The molecule has 0 spiro atoms. The second kappa shape index (κ2) is 10.0. The smallest absolute Gasteiger partial charge is 0.337 e. The van der Waals surface area contributed by atoms with Gasteiger partial charge in [0.2, 0.25) is 0 Å². The zero-order chi connectivity index (χ0) is 23.3. The van der Waals surface area contributed by atoms with E-state index in [1.165, 1.54) is 0 Å². The van der Waals surface area contributed by atoms with E-state index in [1.54, 1.807) is 27.2 Å². The lowest BCUT2D eigenvalue weighted by Crippen LogP contribution is -2.08. The Hall–Kier alpha value is -3.74. The van der Waals surface area contributed by atoms with Gasteiger partial charge >= 0.3 is 11.9 Å². The van der Waals surface area contributed by atoms with Gasteiger partial charge in [0.25, 0.3) is 0 Å². The lowest BCUT2D eigenvalue weighted by molar-refractivity contribution is -0.143. The molecule has 7 heteroatoms. The number of methoxy groups -OCH3 is 2. The minimum atomic E-state index is -1.02. The molecular formula is C25H27NO6. The van der Waals surface area contributed by atoms with Crippen LogP contribution in [0, 0.1) is 6.92 Å². The number of aromatic carboxylic acids is 1. The van der Waals surface area contributed by atoms with Crippen molar-refractivity contribution in [3.8, 4) is 28.4 Å². The van der Waals surface area contributed by atoms with Crippen LogP contribution >= 0.6 is 0 Å². The van der Waals surface area contributed by atoms with Crippen molar-refractivity contribution < 1.29 is 28.9 Å². The molecule has 32 heavy (non-hydrogen) atoms. The van der Waals surface area contributed by atoms with Crippen molar-refractivity contribution in [2.75, 3.05) is 20.8 Å². The summed E-state index contributed by atoms with van der Waals surface area (Å²) in [5.74, 6) is -0.331. The summed E-state index contributed by atoms with van der Waals surface area (Å²) in [4.78, 5) is 23.9. The molecular weight excluding hydrogens is 410 g/mol. The molecule has 2 aromatic carbocycles. The Bertz CT molecular complexity index is 1120. The fourth-order valence-corrected chi connectivity index (χ4v) is 3.78. The van der Waals surface area contributed by atoms with Crippen molar-refractivity contribution in [1.82, 2.24) is 4.57 Å². The highest BCUT2D eigenvalue weighted by Crippen LogP contribution is 2.40. The number of ether oxygens (including phenoxy) is 3. The third-order valence-electron chi connectivity index (χ3n) is 5.15. The minimum Gasteiger partial charge on any atom is -0.493 e. The summed E-state index contributed by atoms with van der Waals surface area (Å²) in [6.07, 6.45) is 0.665. The first-order chi connectivity index (χ1) is 15.4. The predicted molar refractivity (Wildman–Crippen MR) is 121 cm³/mol. The van der Waals surface area contributed by atoms with Crippen LogP contribution in [-0.4, -0.2) is 42.4 Å². The Balaban J connectivity index is 2.23. The van der Waals surface area contributed by atoms with Crippen LogP contribution in [-0.2, 0) is 16.0 Å². The summed E-state index contributed by atoms with van der Waals surface area (Å²) in [6, 6.07) is 14.7. The highest BCUT2D eigenvalue weighted by molar-refractivity contribution is 5.96. The number of carboxylic acid groups (broad SMARTS) is 1. The lowest BCUT2D eigenvalue weighted by atomic mass is 10.1. The molecule has 0 bridgehead atoms. The second-order valence-corrected chi connectivity index (χ2v) is 7.21. The molecule has 3 aromatic rings. The van der Waals surface area contributed by atoms with Gasteiger partial charge in [-0.05, 0) is 49.6 Å². The predicted octanol–water partition coefficient (Wildman–Crippen LogP) is 4.66. The number of hydrogen-bond acceptors (Lipinski definition) is 5. The van der Waals surface area contributed by atoms with Crippen LogP contribution < -0.4 is 9.47 Å². The molecule has 3 rings (SSSR count). The molecule has 0 radical (unpaired) electrons. The summed E-state index contributed by atoms with van der Waals surface area (Å²) in [5, 5.41) is 9.87. The van der Waals surface area contributed by atoms with Crippen molar-refractivity contribution in [2.24, 2.45) is 0 Å². The van der Waals surface area contributed by atoms with Crippen LogP contribution in [0.4, 0.5) is 0 Å². The van der Waals surface area contributed by atoms with Gasteiger partial charge in [-0.15, -0.1) is 0 Å². The number of esters is 1. The summed E-state index contributed by atoms with van der Waals surface area (Å²) >= 11 is 0. The molecule has 168 valence electrons. The molecule has 0 atom stereocenters. The standard InChI is InChI=1S/C25H27NO6/c1-5-32-22(27)12-11-17-14-20(24(31-4)21(15-17)30-3)26-16(2)13-19(25(28)29)23(26)18-9-7-6-8-10-18/h6-10,13-15H,5,11-12H2,1-4H3,(H,28,29). The number of carbonyl (C=O) groups excluding carboxylic acids is 1. The number of benzene rings is 2. The van der Waals surface area contributed by atoms with Gasteiger partial charge in [0, 0.05) is 12.1 Å². The molecule has 1 heterocycles. The van der Waals surface area contributed by atoms with Crippen molar-refractivity contribution in [2.45, 2.75) is 26.7 Å². The van der Waals surface area contributed by atoms with Crippen molar-refractivity contribution in [3.63, 3.8) is 0 Å². The summed E-state index contributed by atoms with van der Waals surface area (Å²) in [6.45, 7) is 3.94. The Morgan fingerprint density at radius 3 is 2.34 bits per heavy atom. The SMILES string of the molecule is CCOC(=O)CCc1cc(OC)c(OC)c(-n2c(C)cc(C(=O)O)c2-c2ccccc2)c1.